The summed E-state index contributed by atoms with van der Waals surface area (Å²) in [7, 11) is 2.29. The number of quaternary nitrogens is 2. The predicted octanol–water partition coefficient (Wildman–Crippen LogP) is -0.219. The molecule has 0 aliphatic carbocycles. The van der Waals surface area contributed by atoms with Crippen molar-refractivity contribution < 1.29 is 14.6 Å². The number of amides is 1. The van der Waals surface area contributed by atoms with Crippen molar-refractivity contribution in [3.05, 3.63) is 29.3 Å². The first kappa shape index (κ1) is 16.1. The molecular formula is C20H31N3O+2. The van der Waals surface area contributed by atoms with Gasteiger partial charge in [-0.25, -0.2) is 0 Å². The standard InChI is InChI=1S/C20H29N3O/c1-15-6-7-18-16(12-15)17-13-21(2)11-8-19(17)23(18)20(24)14-22-9-4-3-5-10-22/h6-7,12,17,19H,3-5,8-11,13-14H2,1-2H3/p+2/t17-,19+/m0/s1. The number of aryl methyl sites for hydroxylation is 1. The van der Waals surface area contributed by atoms with Crippen LogP contribution in [-0.2, 0) is 4.79 Å². The maximum Gasteiger partial charge on any atom is 0.282 e. The van der Waals surface area contributed by atoms with Crippen LogP contribution < -0.4 is 14.7 Å². The average Bonchev–Trinajstić information content (AvgIpc) is 2.89. The summed E-state index contributed by atoms with van der Waals surface area (Å²) in [5.74, 6) is 0.873. The zero-order valence-corrected chi connectivity index (χ0v) is 15.1. The summed E-state index contributed by atoms with van der Waals surface area (Å²) in [6.07, 6.45) is 5.02. The Balaban J connectivity index is 1.60. The second-order valence-corrected chi connectivity index (χ2v) is 8.19. The first-order valence-electron chi connectivity index (χ1n) is 9.71. The van der Waals surface area contributed by atoms with Crippen molar-refractivity contribution >= 4 is 11.6 Å². The van der Waals surface area contributed by atoms with Crippen molar-refractivity contribution in [1.29, 1.82) is 0 Å². The lowest BCUT2D eigenvalue weighted by Gasteiger charge is -2.35. The number of anilines is 1. The third-order valence-corrected chi connectivity index (χ3v) is 6.30. The summed E-state index contributed by atoms with van der Waals surface area (Å²) >= 11 is 0. The summed E-state index contributed by atoms with van der Waals surface area (Å²) in [5.41, 5.74) is 3.93. The van der Waals surface area contributed by atoms with E-state index < -0.39 is 0 Å². The number of carbonyl (C=O) groups excluding carboxylic acids is 1. The van der Waals surface area contributed by atoms with E-state index in [1.54, 1.807) is 4.90 Å². The molecule has 0 saturated carbocycles. The van der Waals surface area contributed by atoms with Gasteiger partial charge in [0.1, 0.15) is 0 Å². The van der Waals surface area contributed by atoms with Crippen molar-refractivity contribution in [3.63, 3.8) is 0 Å². The van der Waals surface area contributed by atoms with Crippen LogP contribution in [0, 0.1) is 6.92 Å². The topological polar surface area (TPSA) is 29.2 Å². The maximum absolute atomic E-state index is 13.2. The van der Waals surface area contributed by atoms with Gasteiger partial charge in [0.05, 0.1) is 45.2 Å². The number of nitrogens with zero attached hydrogens (tertiary/aromatic N) is 1. The van der Waals surface area contributed by atoms with E-state index in [9.17, 15) is 4.79 Å². The van der Waals surface area contributed by atoms with Crippen LogP contribution in [0.1, 0.15) is 42.7 Å². The molecule has 2 N–H and O–H groups in total. The van der Waals surface area contributed by atoms with E-state index >= 15 is 0 Å². The van der Waals surface area contributed by atoms with Crippen LogP contribution in [0.15, 0.2) is 18.2 Å². The zero-order chi connectivity index (χ0) is 16.7. The molecule has 2 saturated heterocycles. The minimum Gasteiger partial charge on any atom is -0.337 e. The van der Waals surface area contributed by atoms with Crippen molar-refractivity contribution in [2.24, 2.45) is 0 Å². The molecule has 130 valence electrons. The van der Waals surface area contributed by atoms with E-state index in [2.05, 4.69) is 37.1 Å². The summed E-state index contributed by atoms with van der Waals surface area (Å²) in [4.78, 5) is 18.5. The molecule has 3 aliphatic heterocycles. The molecule has 3 heterocycles. The van der Waals surface area contributed by atoms with E-state index in [4.69, 9.17) is 0 Å². The van der Waals surface area contributed by atoms with Gasteiger partial charge in [0.25, 0.3) is 5.91 Å². The lowest BCUT2D eigenvalue weighted by molar-refractivity contribution is -0.896. The smallest absolute Gasteiger partial charge is 0.282 e. The summed E-state index contributed by atoms with van der Waals surface area (Å²) in [6, 6.07) is 7.08. The Morgan fingerprint density at radius 2 is 2.00 bits per heavy atom. The monoisotopic (exact) mass is 329 g/mol. The fourth-order valence-corrected chi connectivity index (χ4v) is 5.05. The lowest BCUT2D eigenvalue weighted by atomic mass is 9.89. The Bertz CT molecular complexity index is 623. The van der Waals surface area contributed by atoms with Gasteiger partial charge >= 0.3 is 0 Å². The highest BCUT2D eigenvalue weighted by Crippen LogP contribution is 2.42. The predicted molar refractivity (Wildman–Crippen MR) is 95.8 cm³/mol. The van der Waals surface area contributed by atoms with E-state index in [-0.39, 0.29) is 0 Å². The Morgan fingerprint density at radius 1 is 1.21 bits per heavy atom. The average molecular weight is 329 g/mol. The van der Waals surface area contributed by atoms with Gasteiger partial charge in [0.15, 0.2) is 6.54 Å². The zero-order valence-electron chi connectivity index (χ0n) is 15.1. The Kier molecular flexibility index (Phi) is 4.35. The van der Waals surface area contributed by atoms with Gasteiger partial charge in [-0.15, -0.1) is 0 Å². The van der Waals surface area contributed by atoms with E-state index in [1.165, 1.54) is 60.6 Å². The molecule has 2 fully saturated rings. The number of fused-ring (bicyclic) bond motifs is 3. The van der Waals surface area contributed by atoms with Crippen LogP contribution in [0.4, 0.5) is 5.69 Å². The van der Waals surface area contributed by atoms with Gasteiger partial charge < -0.3 is 14.7 Å². The Labute approximate surface area is 145 Å². The Morgan fingerprint density at radius 3 is 2.79 bits per heavy atom. The Hall–Kier alpha value is -1.39. The highest BCUT2D eigenvalue weighted by atomic mass is 16.2. The normalized spacial score (nSPS) is 30.1. The molecule has 1 unspecified atom stereocenters. The van der Waals surface area contributed by atoms with E-state index in [0.29, 0.717) is 24.4 Å². The molecule has 0 radical (unpaired) electrons. The van der Waals surface area contributed by atoms with Crippen molar-refractivity contribution in [2.75, 3.05) is 44.7 Å². The largest absolute Gasteiger partial charge is 0.337 e. The first-order valence-corrected chi connectivity index (χ1v) is 9.71. The van der Waals surface area contributed by atoms with Gasteiger partial charge in [0, 0.05) is 12.1 Å². The first-order chi connectivity index (χ1) is 11.6. The SMILES string of the molecule is Cc1ccc2c(c1)[C@@H]1C[NH+](C)CC[C@H]1N2C(=O)C[NH+]1CCCCC1. The second kappa shape index (κ2) is 6.49. The highest BCUT2D eigenvalue weighted by Gasteiger charge is 2.46. The molecule has 4 nitrogen and oxygen atoms in total. The second-order valence-electron chi connectivity index (χ2n) is 8.19. The van der Waals surface area contributed by atoms with Crippen molar-refractivity contribution in [1.82, 2.24) is 0 Å². The van der Waals surface area contributed by atoms with Crippen LogP contribution in [0.25, 0.3) is 0 Å². The third-order valence-electron chi connectivity index (χ3n) is 6.30. The molecule has 0 spiro atoms. The molecule has 24 heavy (non-hydrogen) atoms. The molecular weight excluding hydrogens is 298 g/mol. The number of carbonyl (C=O) groups is 1. The van der Waals surface area contributed by atoms with Crippen LogP contribution in [0.3, 0.4) is 0 Å². The number of rotatable bonds is 2. The molecule has 1 amide bonds. The van der Waals surface area contributed by atoms with Crippen LogP contribution in [0.5, 0.6) is 0 Å². The quantitative estimate of drug-likeness (QED) is 0.772. The molecule has 1 aromatic carbocycles. The molecule has 1 aromatic rings. The molecule has 0 aromatic heterocycles. The molecule has 0 bridgehead atoms. The minimum absolute atomic E-state index is 0.351. The number of piperidine rings is 2. The van der Waals surface area contributed by atoms with Crippen LogP contribution in [-0.4, -0.2) is 51.7 Å². The van der Waals surface area contributed by atoms with Gasteiger partial charge in [-0.05, 0) is 37.8 Å². The molecule has 4 rings (SSSR count). The number of likely N-dealkylation sites (N-methyl/N-ethyl adjacent to an activating group) is 1. The minimum atomic E-state index is 0.351. The molecule has 3 aliphatic rings. The van der Waals surface area contributed by atoms with Gasteiger partial charge in [-0.2, -0.15) is 0 Å². The summed E-state index contributed by atoms with van der Waals surface area (Å²) in [5, 5.41) is 0. The van der Waals surface area contributed by atoms with Gasteiger partial charge in [-0.1, -0.05) is 17.7 Å². The van der Waals surface area contributed by atoms with Crippen molar-refractivity contribution in [3.8, 4) is 0 Å². The van der Waals surface area contributed by atoms with Crippen LogP contribution in [0.2, 0.25) is 0 Å². The fourth-order valence-electron chi connectivity index (χ4n) is 5.05. The van der Waals surface area contributed by atoms with Crippen LogP contribution >= 0.6 is 0 Å². The number of benzene rings is 1. The van der Waals surface area contributed by atoms with Crippen molar-refractivity contribution in [2.45, 2.75) is 44.6 Å². The third kappa shape index (κ3) is 2.86. The fraction of sp³-hybridized carbons (Fsp3) is 0.650. The maximum atomic E-state index is 13.2. The van der Waals surface area contributed by atoms with Gasteiger partial charge in [-0.3, -0.25) is 4.79 Å². The molecule has 4 heteroatoms. The number of hydrogen-bond acceptors (Lipinski definition) is 1. The highest BCUT2D eigenvalue weighted by molar-refractivity contribution is 5.97. The summed E-state index contributed by atoms with van der Waals surface area (Å²) in [6.45, 7) is 7.51. The number of nitrogens with one attached hydrogen (secondary N) is 2. The lowest BCUT2D eigenvalue weighted by Crippen LogP contribution is -3.14. The molecule has 3 atom stereocenters. The number of likely N-dealkylation sites (tertiary alicyclic amines) is 2. The van der Waals surface area contributed by atoms with E-state index in [0.717, 1.165) is 13.0 Å². The van der Waals surface area contributed by atoms with Gasteiger partial charge in [0.2, 0.25) is 0 Å². The summed E-state index contributed by atoms with van der Waals surface area (Å²) < 4.78 is 0. The van der Waals surface area contributed by atoms with E-state index in [1.807, 2.05) is 0 Å². The number of hydrogen-bond donors (Lipinski definition) is 2.